The molecule has 0 aromatic heterocycles. The van der Waals surface area contributed by atoms with Gasteiger partial charge in [0, 0.05) is 30.3 Å². The first-order valence-electron chi connectivity index (χ1n) is 8.16. The number of halogens is 1. The molecule has 2 N–H and O–H groups in total. The topological polar surface area (TPSA) is 53.6 Å². The third-order valence-electron chi connectivity index (χ3n) is 3.88. The van der Waals surface area contributed by atoms with E-state index in [0.717, 1.165) is 23.0 Å². The highest BCUT2D eigenvalue weighted by atomic mass is 79.9. The number of anilines is 2. The van der Waals surface area contributed by atoms with E-state index >= 15 is 0 Å². The highest BCUT2D eigenvalue weighted by Crippen LogP contribution is 2.31. The molecule has 0 saturated carbocycles. The van der Waals surface area contributed by atoms with Gasteiger partial charge in [0.15, 0.2) is 0 Å². The number of nitrogens with zero attached hydrogens (tertiary/aromatic N) is 1. The Hall–Kier alpha value is -2.21. The van der Waals surface area contributed by atoms with Gasteiger partial charge in [-0.15, -0.1) is 0 Å². The lowest BCUT2D eigenvalue weighted by atomic mass is 10.2. The van der Waals surface area contributed by atoms with Crippen molar-refractivity contribution in [3.05, 3.63) is 52.5 Å². The normalized spacial score (nSPS) is 10.2. The summed E-state index contributed by atoms with van der Waals surface area (Å²) in [6, 6.07) is 13.7. The number of benzene rings is 2. The van der Waals surface area contributed by atoms with Crippen molar-refractivity contribution in [2.45, 2.75) is 13.3 Å². The Balaban J connectivity index is 1.80. The zero-order chi connectivity index (χ0) is 18.2. The summed E-state index contributed by atoms with van der Waals surface area (Å²) < 4.78 is 6.25. The van der Waals surface area contributed by atoms with Gasteiger partial charge < -0.3 is 20.3 Å². The van der Waals surface area contributed by atoms with Crippen LogP contribution in [0.5, 0.6) is 5.75 Å². The maximum absolute atomic E-state index is 12.1. The molecule has 0 aliphatic heterocycles. The molecule has 0 bridgehead atoms. The number of hydrogen-bond donors (Lipinski definition) is 2. The molecule has 2 aromatic rings. The third kappa shape index (κ3) is 5.67. The van der Waals surface area contributed by atoms with Gasteiger partial charge >= 0.3 is 6.03 Å². The van der Waals surface area contributed by atoms with E-state index in [4.69, 9.17) is 4.74 Å². The van der Waals surface area contributed by atoms with Gasteiger partial charge in [-0.25, -0.2) is 4.79 Å². The number of ether oxygens (including phenoxy) is 1. The van der Waals surface area contributed by atoms with Crippen LogP contribution in [0, 0.1) is 6.92 Å². The van der Waals surface area contributed by atoms with Crippen molar-refractivity contribution in [2.75, 3.05) is 37.5 Å². The molecule has 0 atom stereocenters. The zero-order valence-corrected chi connectivity index (χ0v) is 16.4. The molecule has 2 amide bonds. The third-order valence-corrected chi connectivity index (χ3v) is 4.33. The minimum Gasteiger partial charge on any atom is -0.495 e. The molecule has 2 rings (SSSR count). The molecule has 0 unspecified atom stereocenters. The number of urea groups is 1. The number of aryl methyl sites for hydroxylation is 1. The number of rotatable bonds is 7. The fourth-order valence-corrected chi connectivity index (χ4v) is 3.07. The maximum Gasteiger partial charge on any atom is 0.319 e. The van der Waals surface area contributed by atoms with Gasteiger partial charge in [-0.05, 0) is 43.2 Å². The lowest BCUT2D eigenvalue weighted by Gasteiger charge is -2.19. The SMILES string of the molecule is COc1cc(Br)cc(C)c1NC(=O)NCCCN(C)c1ccccc1. The predicted molar refractivity (Wildman–Crippen MR) is 107 cm³/mol. The molecule has 2 aromatic carbocycles. The van der Waals surface area contributed by atoms with Crippen LogP contribution in [-0.4, -0.2) is 33.3 Å². The standard InChI is InChI=1S/C19H24BrN3O2/c1-14-12-15(20)13-17(25-3)18(14)22-19(24)21-10-7-11-23(2)16-8-5-4-6-9-16/h4-6,8-9,12-13H,7,10-11H2,1-3H3,(H2,21,22,24). The average molecular weight is 406 g/mol. The van der Waals surface area contributed by atoms with Gasteiger partial charge in [-0.1, -0.05) is 34.1 Å². The second-order valence-corrected chi connectivity index (χ2v) is 6.71. The van der Waals surface area contributed by atoms with E-state index in [0.29, 0.717) is 18.0 Å². The minimum atomic E-state index is -0.230. The summed E-state index contributed by atoms with van der Waals surface area (Å²) in [7, 11) is 3.63. The smallest absolute Gasteiger partial charge is 0.319 e. The first-order chi connectivity index (χ1) is 12.0. The fraction of sp³-hybridized carbons (Fsp3) is 0.316. The molecule has 0 radical (unpaired) electrons. The van der Waals surface area contributed by atoms with Gasteiger partial charge in [-0.3, -0.25) is 0 Å². The van der Waals surface area contributed by atoms with Crippen molar-refractivity contribution in [3.63, 3.8) is 0 Å². The Labute approximate surface area is 157 Å². The molecule has 0 spiro atoms. The van der Waals surface area contributed by atoms with Crippen molar-refractivity contribution in [2.24, 2.45) is 0 Å². The summed E-state index contributed by atoms with van der Waals surface area (Å²) in [6.07, 6.45) is 0.856. The van der Waals surface area contributed by atoms with Gasteiger partial charge in [0.25, 0.3) is 0 Å². The number of methoxy groups -OCH3 is 1. The molecule has 5 nitrogen and oxygen atoms in total. The Morgan fingerprint density at radius 3 is 2.64 bits per heavy atom. The molecule has 134 valence electrons. The molecular formula is C19H24BrN3O2. The van der Waals surface area contributed by atoms with Crippen LogP contribution < -0.4 is 20.3 Å². The Morgan fingerprint density at radius 1 is 1.24 bits per heavy atom. The minimum absolute atomic E-state index is 0.230. The van der Waals surface area contributed by atoms with E-state index in [2.05, 4.69) is 43.6 Å². The van der Waals surface area contributed by atoms with E-state index in [9.17, 15) is 4.79 Å². The molecule has 25 heavy (non-hydrogen) atoms. The van der Waals surface area contributed by atoms with Crippen LogP contribution in [0.4, 0.5) is 16.2 Å². The van der Waals surface area contributed by atoms with Crippen LogP contribution in [0.1, 0.15) is 12.0 Å². The van der Waals surface area contributed by atoms with Crippen molar-refractivity contribution >= 4 is 33.3 Å². The summed E-state index contributed by atoms with van der Waals surface area (Å²) in [5.74, 6) is 0.630. The summed E-state index contributed by atoms with van der Waals surface area (Å²) >= 11 is 3.43. The largest absolute Gasteiger partial charge is 0.495 e. The summed E-state index contributed by atoms with van der Waals surface area (Å²) in [5, 5.41) is 5.75. The van der Waals surface area contributed by atoms with E-state index in [1.807, 2.05) is 44.3 Å². The molecule has 0 saturated heterocycles. The number of amides is 2. The van der Waals surface area contributed by atoms with E-state index in [-0.39, 0.29) is 6.03 Å². The Kier molecular flexibility index (Phi) is 7.13. The summed E-state index contributed by atoms with van der Waals surface area (Å²) in [5.41, 5.74) is 2.79. The van der Waals surface area contributed by atoms with Crippen LogP contribution >= 0.6 is 15.9 Å². The van der Waals surface area contributed by atoms with Crippen molar-refractivity contribution < 1.29 is 9.53 Å². The maximum atomic E-state index is 12.1. The number of hydrogen-bond acceptors (Lipinski definition) is 3. The second kappa shape index (κ2) is 9.32. The number of para-hydroxylation sites is 1. The molecule has 0 heterocycles. The van der Waals surface area contributed by atoms with Gasteiger partial charge in [0.05, 0.1) is 12.8 Å². The lowest BCUT2D eigenvalue weighted by molar-refractivity contribution is 0.252. The first kappa shape index (κ1) is 19.1. The van der Waals surface area contributed by atoms with Crippen molar-refractivity contribution in [1.82, 2.24) is 5.32 Å². The zero-order valence-electron chi connectivity index (χ0n) is 14.8. The highest BCUT2D eigenvalue weighted by Gasteiger charge is 2.11. The highest BCUT2D eigenvalue weighted by molar-refractivity contribution is 9.10. The van der Waals surface area contributed by atoms with Crippen LogP contribution in [0.2, 0.25) is 0 Å². The van der Waals surface area contributed by atoms with E-state index in [1.165, 1.54) is 5.69 Å². The number of carbonyl (C=O) groups excluding carboxylic acids is 1. The van der Waals surface area contributed by atoms with Gasteiger partial charge in [0.1, 0.15) is 5.75 Å². The first-order valence-corrected chi connectivity index (χ1v) is 8.95. The van der Waals surface area contributed by atoms with Crippen LogP contribution in [0.3, 0.4) is 0 Å². The lowest BCUT2D eigenvalue weighted by Crippen LogP contribution is -2.32. The second-order valence-electron chi connectivity index (χ2n) is 5.79. The van der Waals surface area contributed by atoms with Crippen LogP contribution in [-0.2, 0) is 0 Å². The quantitative estimate of drug-likeness (QED) is 0.670. The van der Waals surface area contributed by atoms with Crippen molar-refractivity contribution in [1.29, 1.82) is 0 Å². The Bertz CT molecular complexity index is 707. The van der Waals surface area contributed by atoms with E-state index < -0.39 is 0 Å². The molecule has 0 aliphatic carbocycles. The summed E-state index contributed by atoms with van der Waals surface area (Å²) in [4.78, 5) is 14.3. The Morgan fingerprint density at radius 2 is 1.96 bits per heavy atom. The summed E-state index contributed by atoms with van der Waals surface area (Å²) in [6.45, 7) is 3.39. The molecule has 6 heteroatoms. The molecule has 0 aliphatic rings. The van der Waals surface area contributed by atoms with Gasteiger partial charge in [0.2, 0.25) is 0 Å². The van der Waals surface area contributed by atoms with Crippen molar-refractivity contribution in [3.8, 4) is 5.75 Å². The predicted octanol–water partition coefficient (Wildman–Crippen LogP) is 4.41. The van der Waals surface area contributed by atoms with Gasteiger partial charge in [-0.2, -0.15) is 0 Å². The monoisotopic (exact) mass is 405 g/mol. The average Bonchev–Trinajstić information content (AvgIpc) is 2.61. The number of nitrogens with one attached hydrogen (secondary N) is 2. The molecule has 0 fully saturated rings. The molecular weight excluding hydrogens is 382 g/mol. The number of carbonyl (C=O) groups is 1. The fourth-order valence-electron chi connectivity index (χ4n) is 2.52. The van der Waals surface area contributed by atoms with Crippen LogP contribution in [0.15, 0.2) is 46.9 Å². The van der Waals surface area contributed by atoms with E-state index in [1.54, 1.807) is 7.11 Å². The van der Waals surface area contributed by atoms with Crippen LogP contribution in [0.25, 0.3) is 0 Å².